The van der Waals surface area contributed by atoms with Crippen LogP contribution in [0.25, 0.3) is 10.9 Å². The lowest BCUT2D eigenvalue weighted by Crippen LogP contribution is -2.28. The van der Waals surface area contributed by atoms with Crippen molar-refractivity contribution in [3.05, 3.63) is 36.0 Å². The summed E-state index contributed by atoms with van der Waals surface area (Å²) in [6.07, 6.45) is 1.78. The van der Waals surface area contributed by atoms with E-state index in [0.717, 1.165) is 22.2 Å². The molecule has 0 unspecified atom stereocenters. The molecule has 0 fully saturated rings. The van der Waals surface area contributed by atoms with Gasteiger partial charge < -0.3 is 10.5 Å². The van der Waals surface area contributed by atoms with Crippen molar-refractivity contribution in [2.45, 2.75) is 26.3 Å². The summed E-state index contributed by atoms with van der Waals surface area (Å²) in [6.45, 7) is 6.59. The van der Waals surface area contributed by atoms with Crippen molar-refractivity contribution in [2.75, 3.05) is 6.61 Å². The average molecular weight is 230 g/mol. The van der Waals surface area contributed by atoms with Crippen LogP contribution in [-0.4, -0.2) is 11.6 Å². The first kappa shape index (κ1) is 11.9. The maximum Gasteiger partial charge on any atom is 0.145 e. The molecular weight excluding hydrogens is 212 g/mol. The SMILES string of the molecule is CCOc1ccc(C(C)(C)N)c2cccnc12. The lowest BCUT2D eigenvalue weighted by atomic mass is 9.91. The van der Waals surface area contributed by atoms with Gasteiger partial charge in [-0.3, -0.25) is 4.98 Å². The first-order chi connectivity index (χ1) is 8.04. The number of ether oxygens (including phenoxy) is 1. The van der Waals surface area contributed by atoms with Crippen molar-refractivity contribution < 1.29 is 4.74 Å². The minimum atomic E-state index is -0.383. The standard InChI is InChI=1S/C14H18N2O/c1-4-17-12-8-7-11(14(2,3)15)10-6-5-9-16-13(10)12/h5-9H,4,15H2,1-3H3. The van der Waals surface area contributed by atoms with E-state index in [1.807, 2.05) is 45.0 Å². The summed E-state index contributed by atoms with van der Waals surface area (Å²) >= 11 is 0. The molecule has 0 aliphatic heterocycles. The molecule has 3 heteroatoms. The Labute approximate surface area is 102 Å². The largest absolute Gasteiger partial charge is 0.492 e. The molecule has 2 rings (SSSR count). The first-order valence-corrected chi connectivity index (χ1v) is 5.84. The van der Waals surface area contributed by atoms with Crippen LogP contribution < -0.4 is 10.5 Å². The van der Waals surface area contributed by atoms with E-state index in [1.54, 1.807) is 6.20 Å². The molecule has 1 aromatic carbocycles. The van der Waals surface area contributed by atoms with Crippen molar-refractivity contribution in [3.8, 4) is 5.75 Å². The monoisotopic (exact) mass is 230 g/mol. The summed E-state index contributed by atoms with van der Waals surface area (Å²) in [4.78, 5) is 4.39. The van der Waals surface area contributed by atoms with E-state index >= 15 is 0 Å². The Hall–Kier alpha value is -1.61. The van der Waals surface area contributed by atoms with E-state index in [4.69, 9.17) is 10.5 Å². The maximum atomic E-state index is 6.18. The molecule has 0 amide bonds. The number of aromatic nitrogens is 1. The van der Waals surface area contributed by atoms with Crippen LogP contribution >= 0.6 is 0 Å². The number of benzene rings is 1. The van der Waals surface area contributed by atoms with Gasteiger partial charge in [0.1, 0.15) is 11.3 Å². The number of nitrogens with two attached hydrogens (primary N) is 1. The van der Waals surface area contributed by atoms with Crippen LogP contribution in [0, 0.1) is 0 Å². The Kier molecular flexibility index (Phi) is 3.03. The van der Waals surface area contributed by atoms with E-state index < -0.39 is 0 Å². The second kappa shape index (κ2) is 4.34. The molecule has 0 aliphatic rings. The second-order valence-electron chi connectivity index (χ2n) is 4.67. The summed E-state index contributed by atoms with van der Waals surface area (Å²) < 4.78 is 5.58. The summed E-state index contributed by atoms with van der Waals surface area (Å²) in [7, 11) is 0. The van der Waals surface area contributed by atoms with Crippen LogP contribution in [0.15, 0.2) is 30.5 Å². The number of rotatable bonds is 3. The fourth-order valence-corrected chi connectivity index (χ4v) is 1.98. The molecule has 0 aliphatic carbocycles. The molecule has 0 bridgehead atoms. The Morgan fingerprint density at radius 3 is 2.71 bits per heavy atom. The van der Waals surface area contributed by atoms with E-state index in [1.165, 1.54) is 0 Å². The van der Waals surface area contributed by atoms with E-state index in [-0.39, 0.29) is 5.54 Å². The topological polar surface area (TPSA) is 48.1 Å². The molecule has 3 nitrogen and oxygen atoms in total. The van der Waals surface area contributed by atoms with Crippen LogP contribution in [0.2, 0.25) is 0 Å². The highest BCUT2D eigenvalue weighted by molar-refractivity contribution is 5.88. The van der Waals surface area contributed by atoms with Crippen molar-refractivity contribution in [2.24, 2.45) is 5.73 Å². The molecule has 0 spiro atoms. The van der Waals surface area contributed by atoms with Crippen LogP contribution in [0.4, 0.5) is 0 Å². The summed E-state index contributed by atoms with van der Waals surface area (Å²) in [5.41, 5.74) is 7.76. The lowest BCUT2D eigenvalue weighted by molar-refractivity contribution is 0.343. The molecule has 0 atom stereocenters. The fraction of sp³-hybridized carbons (Fsp3) is 0.357. The van der Waals surface area contributed by atoms with Crippen molar-refractivity contribution in [1.29, 1.82) is 0 Å². The number of fused-ring (bicyclic) bond motifs is 1. The van der Waals surface area contributed by atoms with Crippen LogP contribution in [0.1, 0.15) is 26.3 Å². The third-order valence-corrected chi connectivity index (χ3v) is 2.73. The third kappa shape index (κ3) is 2.24. The third-order valence-electron chi connectivity index (χ3n) is 2.73. The highest BCUT2D eigenvalue weighted by Gasteiger charge is 2.19. The summed E-state index contributed by atoms with van der Waals surface area (Å²) in [6, 6.07) is 7.93. The number of nitrogens with zero attached hydrogens (tertiary/aromatic N) is 1. The molecule has 2 aromatic rings. The van der Waals surface area contributed by atoms with Gasteiger partial charge in [0.25, 0.3) is 0 Å². The molecule has 90 valence electrons. The predicted octanol–water partition coefficient (Wildman–Crippen LogP) is 2.83. The van der Waals surface area contributed by atoms with Crippen molar-refractivity contribution >= 4 is 10.9 Å². The van der Waals surface area contributed by atoms with E-state index in [9.17, 15) is 0 Å². The Bertz CT molecular complexity index is 529. The second-order valence-corrected chi connectivity index (χ2v) is 4.67. The van der Waals surface area contributed by atoms with Gasteiger partial charge in [-0.2, -0.15) is 0 Å². The number of hydrogen-bond donors (Lipinski definition) is 1. The molecular formula is C14H18N2O. The zero-order valence-corrected chi connectivity index (χ0v) is 10.5. The maximum absolute atomic E-state index is 6.18. The van der Waals surface area contributed by atoms with Crippen LogP contribution in [0.5, 0.6) is 5.75 Å². The minimum absolute atomic E-state index is 0.383. The predicted molar refractivity (Wildman–Crippen MR) is 70.1 cm³/mol. The quantitative estimate of drug-likeness (QED) is 0.882. The Morgan fingerprint density at radius 2 is 2.06 bits per heavy atom. The molecule has 1 heterocycles. The molecule has 2 N–H and O–H groups in total. The zero-order valence-electron chi connectivity index (χ0n) is 10.5. The van der Waals surface area contributed by atoms with Gasteiger partial charge in [0.15, 0.2) is 0 Å². The smallest absolute Gasteiger partial charge is 0.145 e. The average Bonchev–Trinajstić information content (AvgIpc) is 2.28. The van der Waals surface area contributed by atoms with E-state index in [2.05, 4.69) is 4.98 Å². The highest BCUT2D eigenvalue weighted by atomic mass is 16.5. The zero-order chi connectivity index (χ0) is 12.5. The van der Waals surface area contributed by atoms with Gasteiger partial charge in [0.05, 0.1) is 6.61 Å². The molecule has 0 saturated heterocycles. The van der Waals surface area contributed by atoms with Gasteiger partial charge in [-0.15, -0.1) is 0 Å². The normalized spacial score (nSPS) is 11.8. The fourth-order valence-electron chi connectivity index (χ4n) is 1.98. The van der Waals surface area contributed by atoms with E-state index in [0.29, 0.717) is 6.61 Å². The molecule has 0 radical (unpaired) electrons. The minimum Gasteiger partial charge on any atom is -0.492 e. The van der Waals surface area contributed by atoms with Crippen molar-refractivity contribution in [3.63, 3.8) is 0 Å². The summed E-state index contributed by atoms with van der Waals surface area (Å²) in [5.74, 6) is 0.816. The van der Waals surface area contributed by atoms with Gasteiger partial charge in [-0.25, -0.2) is 0 Å². The molecule has 17 heavy (non-hydrogen) atoms. The summed E-state index contributed by atoms with van der Waals surface area (Å²) in [5, 5.41) is 1.06. The van der Waals surface area contributed by atoms with Crippen LogP contribution in [0.3, 0.4) is 0 Å². The van der Waals surface area contributed by atoms with Gasteiger partial charge in [0.2, 0.25) is 0 Å². The lowest BCUT2D eigenvalue weighted by Gasteiger charge is -2.22. The van der Waals surface area contributed by atoms with Gasteiger partial charge in [0, 0.05) is 17.1 Å². The Morgan fingerprint density at radius 1 is 1.29 bits per heavy atom. The van der Waals surface area contributed by atoms with Gasteiger partial charge in [-0.05, 0) is 38.5 Å². The van der Waals surface area contributed by atoms with Crippen molar-refractivity contribution in [1.82, 2.24) is 4.98 Å². The Balaban J connectivity index is 2.71. The number of pyridine rings is 1. The molecule has 1 aromatic heterocycles. The van der Waals surface area contributed by atoms with Gasteiger partial charge in [-0.1, -0.05) is 12.1 Å². The first-order valence-electron chi connectivity index (χ1n) is 5.84. The molecule has 0 saturated carbocycles. The van der Waals surface area contributed by atoms with Crippen LogP contribution in [-0.2, 0) is 5.54 Å². The number of hydrogen-bond acceptors (Lipinski definition) is 3. The highest BCUT2D eigenvalue weighted by Crippen LogP contribution is 2.31. The van der Waals surface area contributed by atoms with Gasteiger partial charge >= 0.3 is 0 Å².